The van der Waals surface area contributed by atoms with Crippen molar-refractivity contribution >= 4 is 0 Å². The molecular formula is C12H20O. The lowest BCUT2D eigenvalue weighted by atomic mass is 9.60. The molecule has 0 amide bonds. The van der Waals surface area contributed by atoms with Crippen LogP contribution in [0.25, 0.3) is 0 Å². The van der Waals surface area contributed by atoms with E-state index in [1.54, 1.807) is 0 Å². The Labute approximate surface area is 80.8 Å². The third-order valence-corrected chi connectivity index (χ3v) is 4.01. The summed E-state index contributed by atoms with van der Waals surface area (Å²) in [5.74, 6) is 0.532. The molecule has 0 aliphatic heterocycles. The molecule has 0 aromatic carbocycles. The van der Waals surface area contributed by atoms with Gasteiger partial charge in [0.2, 0.25) is 0 Å². The van der Waals surface area contributed by atoms with Crippen LogP contribution in [-0.4, -0.2) is 11.2 Å². The molecular weight excluding hydrogens is 160 g/mol. The van der Waals surface area contributed by atoms with E-state index >= 15 is 0 Å². The molecule has 1 fully saturated rings. The van der Waals surface area contributed by atoms with Crippen LogP contribution in [-0.2, 0) is 0 Å². The number of aliphatic hydroxyl groups is 1. The highest BCUT2D eigenvalue weighted by molar-refractivity contribution is 5.12. The Hall–Kier alpha value is -0.300. The summed E-state index contributed by atoms with van der Waals surface area (Å²) in [5.41, 5.74) is 1.92. The van der Waals surface area contributed by atoms with Gasteiger partial charge in [0.1, 0.15) is 0 Å². The molecule has 0 heterocycles. The van der Waals surface area contributed by atoms with Gasteiger partial charge < -0.3 is 5.11 Å². The average molecular weight is 180 g/mol. The molecule has 0 radical (unpaired) electrons. The van der Waals surface area contributed by atoms with Crippen LogP contribution >= 0.6 is 0 Å². The summed E-state index contributed by atoms with van der Waals surface area (Å²) in [7, 11) is 0. The molecule has 0 saturated heterocycles. The van der Waals surface area contributed by atoms with E-state index in [9.17, 15) is 5.11 Å². The molecule has 13 heavy (non-hydrogen) atoms. The van der Waals surface area contributed by atoms with Crippen LogP contribution in [0.2, 0.25) is 0 Å². The van der Waals surface area contributed by atoms with Crippen molar-refractivity contribution in [1.82, 2.24) is 0 Å². The highest BCUT2D eigenvalue weighted by atomic mass is 16.3. The molecule has 0 spiro atoms. The molecule has 1 heteroatoms. The Balaban J connectivity index is 2.22. The molecule has 1 N–H and O–H groups in total. The number of hydrogen-bond donors (Lipinski definition) is 1. The molecule has 0 aromatic heterocycles. The summed E-state index contributed by atoms with van der Waals surface area (Å²) in [5, 5.41) is 9.93. The number of allylic oxidation sites excluding steroid dienone is 2. The van der Waals surface area contributed by atoms with Crippen molar-refractivity contribution < 1.29 is 5.11 Å². The standard InChI is InChI=1S/C12H20O/c1-9-5-6-10-11(13)4-3-7-12(10,2)8-9/h5,10-11,13H,3-4,6-8H2,1-2H3/t10?,11-,12-/m1/s1. The van der Waals surface area contributed by atoms with Gasteiger partial charge in [-0.15, -0.1) is 0 Å². The predicted octanol–water partition coefficient (Wildman–Crippen LogP) is 2.89. The van der Waals surface area contributed by atoms with Crippen LogP contribution in [0.1, 0.15) is 46.0 Å². The van der Waals surface area contributed by atoms with Gasteiger partial charge in [0, 0.05) is 0 Å². The predicted molar refractivity (Wildman–Crippen MR) is 54.4 cm³/mol. The van der Waals surface area contributed by atoms with Gasteiger partial charge in [0.25, 0.3) is 0 Å². The first-order valence-electron chi connectivity index (χ1n) is 5.45. The zero-order valence-electron chi connectivity index (χ0n) is 8.71. The Kier molecular flexibility index (Phi) is 2.23. The first-order valence-corrected chi connectivity index (χ1v) is 5.45. The van der Waals surface area contributed by atoms with Crippen molar-refractivity contribution in [1.29, 1.82) is 0 Å². The van der Waals surface area contributed by atoms with Gasteiger partial charge in [-0.1, -0.05) is 25.0 Å². The largest absolute Gasteiger partial charge is 0.393 e. The highest BCUT2D eigenvalue weighted by Crippen LogP contribution is 2.49. The Bertz CT molecular complexity index is 231. The maximum atomic E-state index is 9.93. The molecule has 1 saturated carbocycles. The van der Waals surface area contributed by atoms with E-state index in [1.165, 1.54) is 24.8 Å². The summed E-state index contributed by atoms with van der Waals surface area (Å²) in [6.07, 6.45) is 8.12. The first kappa shape index (κ1) is 9.26. The normalized spacial score (nSPS) is 45.3. The first-order chi connectivity index (χ1) is 6.12. The zero-order chi connectivity index (χ0) is 9.47. The van der Waals surface area contributed by atoms with Crippen LogP contribution in [0.3, 0.4) is 0 Å². The second-order valence-electron chi connectivity index (χ2n) is 5.18. The van der Waals surface area contributed by atoms with Gasteiger partial charge >= 0.3 is 0 Å². The summed E-state index contributed by atoms with van der Waals surface area (Å²) in [4.78, 5) is 0. The fourth-order valence-corrected chi connectivity index (χ4v) is 3.26. The van der Waals surface area contributed by atoms with Crippen LogP contribution < -0.4 is 0 Å². The van der Waals surface area contributed by atoms with E-state index in [1.807, 2.05) is 0 Å². The molecule has 1 nitrogen and oxygen atoms in total. The molecule has 2 aliphatic rings. The fraction of sp³-hybridized carbons (Fsp3) is 0.833. The summed E-state index contributed by atoms with van der Waals surface area (Å²) in [6, 6.07) is 0. The molecule has 74 valence electrons. The van der Waals surface area contributed by atoms with E-state index in [0.29, 0.717) is 11.3 Å². The Morgan fingerprint density at radius 1 is 1.54 bits per heavy atom. The molecule has 2 rings (SSSR count). The third kappa shape index (κ3) is 1.54. The maximum absolute atomic E-state index is 9.93. The van der Waals surface area contributed by atoms with Crippen LogP contribution in [0.15, 0.2) is 11.6 Å². The van der Waals surface area contributed by atoms with Gasteiger partial charge in [-0.05, 0) is 43.9 Å². The van der Waals surface area contributed by atoms with Crippen molar-refractivity contribution in [2.24, 2.45) is 11.3 Å². The Morgan fingerprint density at radius 3 is 3.08 bits per heavy atom. The summed E-state index contributed by atoms with van der Waals surface area (Å²) >= 11 is 0. The zero-order valence-corrected chi connectivity index (χ0v) is 8.71. The molecule has 3 atom stereocenters. The summed E-state index contributed by atoms with van der Waals surface area (Å²) in [6.45, 7) is 4.58. The highest BCUT2D eigenvalue weighted by Gasteiger charge is 2.42. The summed E-state index contributed by atoms with van der Waals surface area (Å²) < 4.78 is 0. The molecule has 0 aromatic rings. The number of hydrogen-bond acceptors (Lipinski definition) is 1. The van der Waals surface area contributed by atoms with E-state index in [4.69, 9.17) is 0 Å². The topological polar surface area (TPSA) is 20.2 Å². The van der Waals surface area contributed by atoms with Crippen molar-refractivity contribution in [3.63, 3.8) is 0 Å². The van der Waals surface area contributed by atoms with Crippen LogP contribution in [0, 0.1) is 11.3 Å². The number of fused-ring (bicyclic) bond motifs is 1. The quantitative estimate of drug-likeness (QED) is 0.568. The second kappa shape index (κ2) is 3.13. The lowest BCUT2D eigenvalue weighted by Gasteiger charge is -2.46. The van der Waals surface area contributed by atoms with E-state index in [-0.39, 0.29) is 6.10 Å². The second-order valence-corrected chi connectivity index (χ2v) is 5.18. The number of rotatable bonds is 0. The SMILES string of the molecule is CC1=CCC2[C@H](O)CCC[C@]2(C)C1. The fourth-order valence-electron chi connectivity index (χ4n) is 3.26. The number of aliphatic hydroxyl groups excluding tert-OH is 1. The monoisotopic (exact) mass is 180 g/mol. The van der Waals surface area contributed by atoms with Crippen molar-refractivity contribution in [2.75, 3.05) is 0 Å². The van der Waals surface area contributed by atoms with Crippen molar-refractivity contribution in [2.45, 2.75) is 52.1 Å². The van der Waals surface area contributed by atoms with Crippen LogP contribution in [0.4, 0.5) is 0 Å². The molecule has 0 bridgehead atoms. The van der Waals surface area contributed by atoms with Crippen LogP contribution in [0.5, 0.6) is 0 Å². The molecule has 2 aliphatic carbocycles. The van der Waals surface area contributed by atoms with E-state index in [2.05, 4.69) is 19.9 Å². The van der Waals surface area contributed by atoms with Crippen molar-refractivity contribution in [3.8, 4) is 0 Å². The molecule has 1 unspecified atom stereocenters. The lowest BCUT2D eigenvalue weighted by Crippen LogP contribution is -2.41. The minimum absolute atomic E-state index is 0.0388. The van der Waals surface area contributed by atoms with Gasteiger partial charge in [-0.25, -0.2) is 0 Å². The van der Waals surface area contributed by atoms with Gasteiger partial charge in [0.15, 0.2) is 0 Å². The Morgan fingerprint density at radius 2 is 2.31 bits per heavy atom. The van der Waals surface area contributed by atoms with E-state index in [0.717, 1.165) is 12.8 Å². The van der Waals surface area contributed by atoms with Gasteiger partial charge in [-0.3, -0.25) is 0 Å². The maximum Gasteiger partial charge on any atom is 0.0576 e. The minimum atomic E-state index is -0.0388. The van der Waals surface area contributed by atoms with E-state index < -0.39 is 0 Å². The lowest BCUT2D eigenvalue weighted by molar-refractivity contribution is -0.0210. The third-order valence-electron chi connectivity index (χ3n) is 4.01. The average Bonchev–Trinajstić information content (AvgIpc) is 2.02. The van der Waals surface area contributed by atoms with Crippen molar-refractivity contribution in [3.05, 3.63) is 11.6 Å². The minimum Gasteiger partial charge on any atom is -0.393 e. The van der Waals surface area contributed by atoms with Gasteiger partial charge in [0.05, 0.1) is 6.10 Å². The van der Waals surface area contributed by atoms with Gasteiger partial charge in [-0.2, -0.15) is 0 Å². The smallest absolute Gasteiger partial charge is 0.0576 e.